The van der Waals surface area contributed by atoms with Gasteiger partial charge in [-0.2, -0.15) is 0 Å². The van der Waals surface area contributed by atoms with Gasteiger partial charge in [-0.15, -0.1) is 0 Å². The Hall–Kier alpha value is -1.17. The molecule has 5 heteroatoms. The van der Waals surface area contributed by atoms with Gasteiger partial charge < -0.3 is 15.2 Å². The minimum atomic E-state index is 0.0802. The molecule has 1 rings (SSSR count). The third-order valence-corrected chi connectivity index (χ3v) is 2.53. The number of aliphatic hydroxyl groups is 1. The van der Waals surface area contributed by atoms with E-state index in [4.69, 9.17) is 9.84 Å². The van der Waals surface area contributed by atoms with Crippen LogP contribution < -0.4 is 5.32 Å². The Labute approximate surface area is 109 Å². The van der Waals surface area contributed by atoms with E-state index in [9.17, 15) is 0 Å². The van der Waals surface area contributed by atoms with Gasteiger partial charge in [0.05, 0.1) is 19.8 Å². The van der Waals surface area contributed by atoms with Gasteiger partial charge in [-0.1, -0.05) is 6.07 Å². The van der Waals surface area contributed by atoms with Gasteiger partial charge in [0.2, 0.25) is 0 Å². The van der Waals surface area contributed by atoms with Gasteiger partial charge in [-0.05, 0) is 20.0 Å². The molecule has 0 unspecified atom stereocenters. The van der Waals surface area contributed by atoms with Crippen LogP contribution in [0.5, 0.6) is 0 Å². The van der Waals surface area contributed by atoms with E-state index in [0.29, 0.717) is 13.2 Å². The molecule has 0 saturated heterocycles. The van der Waals surface area contributed by atoms with E-state index in [2.05, 4.69) is 28.2 Å². The third-order valence-electron chi connectivity index (χ3n) is 2.53. The number of ether oxygens (including phenoxy) is 1. The van der Waals surface area contributed by atoms with E-state index in [1.165, 1.54) is 5.56 Å². The number of nitrogens with one attached hydrogen (secondary N) is 1. The Balaban J connectivity index is 2.40. The molecule has 0 aliphatic carbocycles. The molecule has 1 aromatic heterocycles. The maximum Gasteiger partial charge on any atom is 0.130 e. The summed E-state index contributed by atoms with van der Waals surface area (Å²) in [4.78, 5) is 6.50. The van der Waals surface area contributed by atoms with E-state index in [1.54, 1.807) is 6.20 Å². The molecule has 0 amide bonds. The summed E-state index contributed by atoms with van der Waals surface area (Å²) in [7, 11) is 2.05. The first kappa shape index (κ1) is 14.9. The predicted molar refractivity (Wildman–Crippen MR) is 72.6 cm³/mol. The fourth-order valence-corrected chi connectivity index (χ4v) is 1.65. The van der Waals surface area contributed by atoms with Gasteiger partial charge in [-0.25, -0.2) is 4.98 Å². The molecule has 102 valence electrons. The van der Waals surface area contributed by atoms with Gasteiger partial charge >= 0.3 is 0 Å². The maximum absolute atomic E-state index is 8.61. The third kappa shape index (κ3) is 5.44. The van der Waals surface area contributed by atoms with Crippen LogP contribution in [0, 0.1) is 0 Å². The molecule has 0 saturated carbocycles. The Morgan fingerprint density at radius 2 is 2.28 bits per heavy atom. The normalized spacial score (nSPS) is 10.9. The monoisotopic (exact) mass is 253 g/mol. The zero-order chi connectivity index (χ0) is 13.2. The molecule has 2 N–H and O–H groups in total. The first-order valence-electron chi connectivity index (χ1n) is 6.32. The van der Waals surface area contributed by atoms with Crippen molar-refractivity contribution in [2.45, 2.75) is 13.5 Å². The predicted octanol–water partition coefficient (Wildman–Crippen LogP) is 0.954. The molecular formula is C13H23N3O2. The lowest BCUT2D eigenvalue weighted by Crippen LogP contribution is -2.24. The lowest BCUT2D eigenvalue weighted by Gasteiger charge is -2.18. The quantitative estimate of drug-likeness (QED) is 0.642. The van der Waals surface area contributed by atoms with Crippen molar-refractivity contribution < 1.29 is 9.84 Å². The number of aliphatic hydroxyl groups excluding tert-OH is 1. The van der Waals surface area contributed by atoms with E-state index in [-0.39, 0.29) is 6.61 Å². The number of aromatic nitrogens is 1. The number of hydrogen-bond donors (Lipinski definition) is 2. The first-order valence-corrected chi connectivity index (χ1v) is 6.32. The van der Waals surface area contributed by atoms with Gasteiger partial charge in [0.25, 0.3) is 0 Å². The van der Waals surface area contributed by atoms with Gasteiger partial charge in [0, 0.05) is 31.4 Å². The highest BCUT2D eigenvalue weighted by atomic mass is 16.5. The van der Waals surface area contributed by atoms with Crippen LogP contribution in [0.4, 0.5) is 5.82 Å². The summed E-state index contributed by atoms with van der Waals surface area (Å²) in [5, 5.41) is 11.9. The fraction of sp³-hybridized carbons (Fsp3) is 0.615. The Bertz CT molecular complexity index is 334. The summed E-state index contributed by atoms with van der Waals surface area (Å²) < 4.78 is 5.25. The molecule has 0 aliphatic rings. The van der Waals surface area contributed by atoms with Crippen molar-refractivity contribution in [3.8, 4) is 0 Å². The van der Waals surface area contributed by atoms with E-state index >= 15 is 0 Å². The average Bonchev–Trinajstić information content (AvgIpc) is 2.37. The number of hydrogen-bond acceptors (Lipinski definition) is 5. The van der Waals surface area contributed by atoms with E-state index < -0.39 is 0 Å². The van der Waals surface area contributed by atoms with Crippen LogP contribution in [-0.2, 0) is 11.3 Å². The lowest BCUT2D eigenvalue weighted by atomic mass is 10.2. The topological polar surface area (TPSA) is 57.6 Å². The largest absolute Gasteiger partial charge is 0.394 e. The Morgan fingerprint density at radius 1 is 1.44 bits per heavy atom. The molecule has 0 aliphatic heterocycles. The number of anilines is 1. The molecule has 1 heterocycles. The number of pyridine rings is 1. The fourth-order valence-electron chi connectivity index (χ4n) is 1.65. The zero-order valence-electron chi connectivity index (χ0n) is 11.2. The molecule has 0 aromatic carbocycles. The van der Waals surface area contributed by atoms with E-state index in [0.717, 1.165) is 25.5 Å². The SMILES string of the molecule is CCNc1ncccc1CN(C)CCOCCO. The minimum absolute atomic E-state index is 0.0802. The minimum Gasteiger partial charge on any atom is -0.394 e. The molecule has 0 spiro atoms. The highest BCUT2D eigenvalue weighted by Crippen LogP contribution is 2.12. The van der Waals surface area contributed by atoms with Crippen molar-refractivity contribution in [1.29, 1.82) is 0 Å². The Morgan fingerprint density at radius 3 is 3.00 bits per heavy atom. The number of rotatable bonds is 9. The van der Waals surface area contributed by atoms with Crippen molar-refractivity contribution in [1.82, 2.24) is 9.88 Å². The second-order valence-corrected chi connectivity index (χ2v) is 4.12. The van der Waals surface area contributed by atoms with Gasteiger partial charge in [-0.3, -0.25) is 4.90 Å². The molecule has 0 atom stereocenters. The molecule has 5 nitrogen and oxygen atoms in total. The molecule has 18 heavy (non-hydrogen) atoms. The summed E-state index contributed by atoms with van der Waals surface area (Å²) in [6, 6.07) is 4.03. The first-order chi connectivity index (χ1) is 8.77. The van der Waals surface area contributed by atoms with Crippen molar-refractivity contribution in [3.63, 3.8) is 0 Å². The second kappa shape index (κ2) is 8.85. The van der Waals surface area contributed by atoms with Crippen molar-refractivity contribution in [2.75, 3.05) is 45.3 Å². The number of nitrogens with zero attached hydrogens (tertiary/aromatic N) is 2. The molecule has 0 fully saturated rings. The molecule has 0 radical (unpaired) electrons. The molecule has 0 bridgehead atoms. The summed E-state index contributed by atoms with van der Waals surface area (Å²) in [6.07, 6.45) is 1.80. The van der Waals surface area contributed by atoms with Crippen LogP contribution in [0.1, 0.15) is 12.5 Å². The summed E-state index contributed by atoms with van der Waals surface area (Å²) >= 11 is 0. The van der Waals surface area contributed by atoms with Crippen LogP contribution in [0.2, 0.25) is 0 Å². The molecule has 1 aromatic rings. The van der Waals surface area contributed by atoms with Crippen LogP contribution >= 0.6 is 0 Å². The van der Waals surface area contributed by atoms with Crippen molar-refractivity contribution in [3.05, 3.63) is 23.9 Å². The average molecular weight is 253 g/mol. The van der Waals surface area contributed by atoms with Crippen LogP contribution in [0.15, 0.2) is 18.3 Å². The highest BCUT2D eigenvalue weighted by molar-refractivity contribution is 5.43. The maximum atomic E-state index is 8.61. The summed E-state index contributed by atoms with van der Waals surface area (Å²) in [5.74, 6) is 0.947. The standard InChI is InChI=1S/C13H23N3O2/c1-3-14-13-12(5-4-6-15-13)11-16(2)7-9-18-10-8-17/h4-6,17H,3,7-11H2,1-2H3,(H,14,15). The zero-order valence-corrected chi connectivity index (χ0v) is 11.2. The van der Waals surface area contributed by atoms with Crippen molar-refractivity contribution in [2.24, 2.45) is 0 Å². The molecular weight excluding hydrogens is 230 g/mol. The van der Waals surface area contributed by atoms with E-state index in [1.807, 2.05) is 13.1 Å². The van der Waals surface area contributed by atoms with Crippen LogP contribution in [0.3, 0.4) is 0 Å². The van der Waals surface area contributed by atoms with Crippen LogP contribution in [0.25, 0.3) is 0 Å². The smallest absolute Gasteiger partial charge is 0.130 e. The van der Waals surface area contributed by atoms with Gasteiger partial charge in [0.15, 0.2) is 0 Å². The summed E-state index contributed by atoms with van der Waals surface area (Å²) in [5.41, 5.74) is 1.18. The van der Waals surface area contributed by atoms with Crippen LogP contribution in [-0.4, -0.2) is 54.9 Å². The highest BCUT2D eigenvalue weighted by Gasteiger charge is 2.05. The van der Waals surface area contributed by atoms with Crippen molar-refractivity contribution >= 4 is 5.82 Å². The number of likely N-dealkylation sites (N-methyl/N-ethyl adjacent to an activating group) is 1. The second-order valence-electron chi connectivity index (χ2n) is 4.12. The Kier molecular flexibility index (Phi) is 7.32. The summed E-state index contributed by atoms with van der Waals surface area (Å²) in [6.45, 7) is 5.71. The van der Waals surface area contributed by atoms with Gasteiger partial charge in [0.1, 0.15) is 5.82 Å². The lowest BCUT2D eigenvalue weighted by molar-refractivity contribution is 0.0773.